The molecule has 92 valence electrons. The molecule has 17 heavy (non-hydrogen) atoms. The van der Waals surface area contributed by atoms with E-state index in [0.29, 0.717) is 6.42 Å². The minimum atomic E-state index is 0.251. The van der Waals surface area contributed by atoms with E-state index in [2.05, 4.69) is 0 Å². The predicted molar refractivity (Wildman–Crippen MR) is 65.3 cm³/mol. The average Bonchev–Trinajstić information content (AvgIpc) is 2.39. The zero-order valence-corrected chi connectivity index (χ0v) is 9.93. The Morgan fingerprint density at radius 3 is 2.82 bits per heavy atom. The molecule has 0 amide bonds. The van der Waals surface area contributed by atoms with Gasteiger partial charge in [0.05, 0.1) is 13.2 Å². The normalized spacial score (nSPS) is 16.7. The molecule has 0 saturated carbocycles. The van der Waals surface area contributed by atoms with Crippen molar-refractivity contribution in [2.75, 3.05) is 13.2 Å². The number of hydrogen-bond donors (Lipinski definition) is 0. The lowest BCUT2D eigenvalue weighted by Crippen LogP contribution is -2.26. The van der Waals surface area contributed by atoms with Crippen molar-refractivity contribution >= 4 is 6.29 Å². The molecule has 1 heterocycles. The monoisotopic (exact) mass is 234 g/mol. The number of ether oxygens (including phenoxy) is 2. The first-order chi connectivity index (χ1) is 8.40. The van der Waals surface area contributed by atoms with Crippen LogP contribution in [-0.4, -0.2) is 25.6 Å². The highest BCUT2D eigenvalue weighted by molar-refractivity contribution is 5.50. The lowest BCUT2D eigenvalue weighted by Gasteiger charge is -2.24. The van der Waals surface area contributed by atoms with Gasteiger partial charge in [-0.05, 0) is 18.1 Å². The molecular weight excluding hydrogens is 216 g/mol. The Morgan fingerprint density at radius 1 is 1.29 bits per heavy atom. The standard InChI is InChI=1S/C14H18O3/c15-9-3-5-12-4-1-2-6-14(12)17-13-7-10-16-11-8-13/h1-2,4,6,9,13H,3,5,7-8,10-11H2. The Morgan fingerprint density at radius 2 is 2.06 bits per heavy atom. The maximum absolute atomic E-state index is 10.4. The molecule has 1 saturated heterocycles. The van der Waals surface area contributed by atoms with Gasteiger partial charge in [-0.3, -0.25) is 0 Å². The number of rotatable bonds is 5. The third-order valence-corrected chi connectivity index (χ3v) is 2.97. The van der Waals surface area contributed by atoms with E-state index >= 15 is 0 Å². The Kier molecular flexibility index (Phi) is 4.56. The second-order valence-electron chi connectivity index (χ2n) is 4.24. The van der Waals surface area contributed by atoms with Crippen LogP contribution in [0.1, 0.15) is 24.8 Å². The van der Waals surface area contributed by atoms with Crippen molar-refractivity contribution in [2.24, 2.45) is 0 Å². The number of benzene rings is 1. The van der Waals surface area contributed by atoms with Crippen LogP contribution in [0.5, 0.6) is 5.75 Å². The first-order valence-electron chi connectivity index (χ1n) is 6.16. The molecule has 0 N–H and O–H groups in total. The van der Waals surface area contributed by atoms with Crippen molar-refractivity contribution in [1.29, 1.82) is 0 Å². The van der Waals surface area contributed by atoms with Crippen LogP contribution in [0.15, 0.2) is 24.3 Å². The van der Waals surface area contributed by atoms with Crippen molar-refractivity contribution in [3.05, 3.63) is 29.8 Å². The molecule has 1 fully saturated rings. The number of aryl methyl sites for hydroxylation is 1. The third kappa shape index (κ3) is 3.56. The van der Waals surface area contributed by atoms with E-state index in [1.165, 1.54) is 0 Å². The summed E-state index contributed by atoms with van der Waals surface area (Å²) >= 11 is 0. The Balaban J connectivity index is 2.00. The SMILES string of the molecule is O=CCCc1ccccc1OC1CCOCC1. The molecule has 1 aromatic rings. The smallest absolute Gasteiger partial charge is 0.122 e. The fraction of sp³-hybridized carbons (Fsp3) is 0.500. The summed E-state index contributed by atoms with van der Waals surface area (Å²) in [6, 6.07) is 7.96. The van der Waals surface area contributed by atoms with E-state index in [1.54, 1.807) is 0 Å². The average molecular weight is 234 g/mol. The maximum Gasteiger partial charge on any atom is 0.122 e. The topological polar surface area (TPSA) is 35.5 Å². The molecule has 3 nitrogen and oxygen atoms in total. The van der Waals surface area contributed by atoms with E-state index in [0.717, 1.165) is 50.1 Å². The quantitative estimate of drug-likeness (QED) is 0.734. The van der Waals surface area contributed by atoms with Gasteiger partial charge in [0.25, 0.3) is 0 Å². The van der Waals surface area contributed by atoms with E-state index in [1.807, 2.05) is 24.3 Å². The lowest BCUT2D eigenvalue weighted by molar-refractivity contribution is -0.107. The summed E-state index contributed by atoms with van der Waals surface area (Å²) in [7, 11) is 0. The summed E-state index contributed by atoms with van der Waals surface area (Å²) in [5.41, 5.74) is 1.12. The highest BCUT2D eigenvalue weighted by atomic mass is 16.5. The Labute approximate surface area is 102 Å². The van der Waals surface area contributed by atoms with Gasteiger partial charge in [0.1, 0.15) is 18.1 Å². The summed E-state index contributed by atoms with van der Waals surface area (Å²) in [6.45, 7) is 1.56. The van der Waals surface area contributed by atoms with Gasteiger partial charge >= 0.3 is 0 Å². The van der Waals surface area contributed by atoms with Crippen LogP contribution in [0.3, 0.4) is 0 Å². The molecule has 0 radical (unpaired) electrons. The molecule has 2 rings (SSSR count). The molecule has 0 atom stereocenters. The lowest BCUT2D eigenvalue weighted by atomic mass is 10.1. The minimum Gasteiger partial charge on any atom is -0.490 e. The van der Waals surface area contributed by atoms with Crippen LogP contribution in [0.4, 0.5) is 0 Å². The molecule has 0 unspecified atom stereocenters. The van der Waals surface area contributed by atoms with Gasteiger partial charge in [-0.15, -0.1) is 0 Å². The molecule has 0 aromatic heterocycles. The molecule has 0 spiro atoms. The van der Waals surface area contributed by atoms with Crippen LogP contribution in [0.2, 0.25) is 0 Å². The van der Waals surface area contributed by atoms with Gasteiger partial charge in [0.15, 0.2) is 0 Å². The Hall–Kier alpha value is -1.35. The largest absolute Gasteiger partial charge is 0.490 e. The van der Waals surface area contributed by atoms with Crippen LogP contribution >= 0.6 is 0 Å². The van der Waals surface area contributed by atoms with Crippen LogP contribution in [0.25, 0.3) is 0 Å². The van der Waals surface area contributed by atoms with E-state index < -0.39 is 0 Å². The zero-order chi connectivity index (χ0) is 11.9. The number of para-hydroxylation sites is 1. The van der Waals surface area contributed by atoms with E-state index in [-0.39, 0.29) is 6.10 Å². The maximum atomic E-state index is 10.4. The van der Waals surface area contributed by atoms with Crippen molar-refractivity contribution in [2.45, 2.75) is 31.8 Å². The first-order valence-corrected chi connectivity index (χ1v) is 6.16. The number of carbonyl (C=O) groups excluding carboxylic acids is 1. The van der Waals surface area contributed by atoms with E-state index in [9.17, 15) is 4.79 Å². The highest BCUT2D eigenvalue weighted by Gasteiger charge is 2.16. The van der Waals surface area contributed by atoms with Gasteiger partial charge in [-0.2, -0.15) is 0 Å². The van der Waals surface area contributed by atoms with E-state index in [4.69, 9.17) is 9.47 Å². The van der Waals surface area contributed by atoms with Crippen molar-refractivity contribution in [3.63, 3.8) is 0 Å². The second kappa shape index (κ2) is 6.40. The fourth-order valence-corrected chi connectivity index (χ4v) is 2.01. The highest BCUT2D eigenvalue weighted by Crippen LogP contribution is 2.23. The second-order valence-corrected chi connectivity index (χ2v) is 4.24. The molecule has 1 aliphatic rings. The molecule has 1 aliphatic heterocycles. The third-order valence-electron chi connectivity index (χ3n) is 2.97. The summed E-state index contributed by atoms with van der Waals surface area (Å²) in [5, 5.41) is 0. The molecule has 1 aromatic carbocycles. The van der Waals surface area contributed by atoms with Crippen molar-refractivity contribution < 1.29 is 14.3 Å². The minimum absolute atomic E-state index is 0.251. The molecule has 0 bridgehead atoms. The van der Waals surface area contributed by atoms with Crippen LogP contribution in [0, 0.1) is 0 Å². The van der Waals surface area contributed by atoms with Gasteiger partial charge in [0.2, 0.25) is 0 Å². The van der Waals surface area contributed by atoms with Gasteiger partial charge in [-0.25, -0.2) is 0 Å². The fourth-order valence-electron chi connectivity index (χ4n) is 2.01. The number of carbonyl (C=O) groups is 1. The molecular formula is C14H18O3. The van der Waals surface area contributed by atoms with Gasteiger partial charge in [0, 0.05) is 19.3 Å². The molecule has 3 heteroatoms. The zero-order valence-electron chi connectivity index (χ0n) is 9.93. The van der Waals surface area contributed by atoms with Gasteiger partial charge in [-0.1, -0.05) is 18.2 Å². The summed E-state index contributed by atoms with van der Waals surface area (Å²) in [6.07, 6.45) is 4.40. The van der Waals surface area contributed by atoms with Crippen LogP contribution in [-0.2, 0) is 16.0 Å². The number of aldehydes is 1. The predicted octanol–water partition coefficient (Wildman–Crippen LogP) is 2.38. The molecule has 0 aliphatic carbocycles. The van der Waals surface area contributed by atoms with Crippen LogP contribution < -0.4 is 4.74 Å². The summed E-state index contributed by atoms with van der Waals surface area (Å²) in [4.78, 5) is 10.4. The Bertz CT molecular complexity index is 356. The summed E-state index contributed by atoms with van der Waals surface area (Å²) < 4.78 is 11.3. The van der Waals surface area contributed by atoms with Gasteiger partial charge < -0.3 is 14.3 Å². The van der Waals surface area contributed by atoms with Crippen molar-refractivity contribution in [3.8, 4) is 5.75 Å². The van der Waals surface area contributed by atoms with Crippen molar-refractivity contribution in [1.82, 2.24) is 0 Å². The first kappa shape index (κ1) is 12.1. The summed E-state index contributed by atoms with van der Waals surface area (Å²) in [5.74, 6) is 0.918. The number of hydrogen-bond acceptors (Lipinski definition) is 3.